The highest BCUT2D eigenvalue weighted by molar-refractivity contribution is 6.10. The summed E-state index contributed by atoms with van der Waals surface area (Å²) in [5, 5.41) is 14.0. The molecule has 54 heavy (non-hydrogen) atoms. The van der Waals surface area contributed by atoms with Gasteiger partial charge in [0, 0.05) is 50.5 Å². The lowest BCUT2D eigenvalue weighted by atomic mass is 10.1. The third-order valence-corrected chi connectivity index (χ3v) is 10.2. The van der Waals surface area contributed by atoms with Gasteiger partial charge in [0.2, 0.25) is 11.8 Å². The third kappa shape index (κ3) is 5.44. The summed E-state index contributed by atoms with van der Waals surface area (Å²) in [4.78, 5) is 0. The second-order valence-corrected chi connectivity index (χ2v) is 13.5. The summed E-state index contributed by atoms with van der Waals surface area (Å²) < 4.78 is 17.3. The molecule has 0 unspecified atom stereocenters. The molecule has 3 heterocycles. The zero-order valence-electron chi connectivity index (χ0n) is 29.4. The molecule has 10 aromatic rings. The lowest BCUT2D eigenvalue weighted by Gasteiger charge is -2.14. The number of hydrogen-bond donors (Lipinski definition) is 0. The van der Waals surface area contributed by atoms with Gasteiger partial charge in [0.1, 0.15) is 5.75 Å². The fourth-order valence-electron chi connectivity index (χ4n) is 7.66. The van der Waals surface area contributed by atoms with Crippen molar-refractivity contribution in [3.8, 4) is 40.0 Å². The van der Waals surface area contributed by atoms with Gasteiger partial charge in [-0.3, -0.25) is 0 Å². The van der Waals surface area contributed by atoms with Gasteiger partial charge >= 0.3 is 0 Å². The van der Waals surface area contributed by atoms with Crippen molar-refractivity contribution in [2.75, 3.05) is 6.61 Å². The van der Waals surface area contributed by atoms with Crippen molar-refractivity contribution in [3.05, 3.63) is 181 Å². The molecular formula is C48H34N4O2. The van der Waals surface area contributed by atoms with Gasteiger partial charge in [0.05, 0.1) is 28.7 Å². The van der Waals surface area contributed by atoms with Crippen LogP contribution in [0.15, 0.2) is 175 Å². The lowest BCUT2D eigenvalue weighted by molar-refractivity contribution is 0.322. The first-order chi connectivity index (χ1) is 26.7. The molecule has 7 aromatic carbocycles. The molecule has 10 rings (SSSR count). The minimum absolute atomic E-state index is 0.427. The van der Waals surface area contributed by atoms with Crippen molar-refractivity contribution in [3.63, 3.8) is 0 Å². The molecule has 6 nitrogen and oxygen atoms in total. The van der Waals surface area contributed by atoms with Crippen LogP contribution in [0.3, 0.4) is 0 Å². The Balaban J connectivity index is 1.08. The Morgan fingerprint density at radius 2 is 1.02 bits per heavy atom. The van der Waals surface area contributed by atoms with Crippen LogP contribution in [0.25, 0.3) is 84.0 Å². The van der Waals surface area contributed by atoms with E-state index < -0.39 is 0 Å². The molecule has 0 saturated carbocycles. The zero-order valence-corrected chi connectivity index (χ0v) is 29.4. The van der Waals surface area contributed by atoms with Crippen LogP contribution in [-0.4, -0.2) is 25.9 Å². The largest absolute Gasteiger partial charge is 0.493 e. The Morgan fingerprint density at radius 1 is 0.519 bits per heavy atom. The van der Waals surface area contributed by atoms with Crippen LogP contribution in [0.1, 0.15) is 11.1 Å². The number of rotatable bonds is 9. The van der Waals surface area contributed by atoms with Crippen molar-refractivity contribution in [2.45, 2.75) is 6.42 Å². The Labute approximate surface area is 311 Å². The first-order valence-corrected chi connectivity index (χ1v) is 18.1. The van der Waals surface area contributed by atoms with E-state index in [0.717, 1.165) is 62.3 Å². The third-order valence-electron chi connectivity index (χ3n) is 10.2. The highest BCUT2D eigenvalue weighted by Gasteiger charge is 2.19. The molecule has 0 aliphatic carbocycles. The molecule has 0 radical (unpaired) electrons. The molecule has 0 atom stereocenters. The van der Waals surface area contributed by atoms with Gasteiger partial charge in [-0.05, 0) is 71.8 Å². The van der Waals surface area contributed by atoms with E-state index in [1.165, 1.54) is 27.1 Å². The first kappa shape index (κ1) is 31.5. The standard InChI is InChI=1S/C48H34N4O2/c1-2-32-22-24-33(25-23-32)26-27-53-38-13-11-12-34(30-38)47-49-50-48(54-47)35-28-36(51-43-18-7-3-14-39(43)40-15-4-8-19-44(40)51)31-37(29-35)52-45-20-9-5-16-41(45)42-17-6-10-21-46(42)52/h2-25,28-31H,1,26-27H2. The number of ether oxygens (including phenoxy) is 1. The molecule has 258 valence electrons. The molecule has 0 aliphatic rings. The van der Waals surface area contributed by atoms with Crippen molar-refractivity contribution in [1.82, 2.24) is 19.3 Å². The Bertz CT molecular complexity index is 2760. The van der Waals surface area contributed by atoms with E-state index in [2.05, 4.69) is 165 Å². The topological polar surface area (TPSA) is 58.0 Å². The number of para-hydroxylation sites is 4. The summed E-state index contributed by atoms with van der Waals surface area (Å²) in [5.41, 5.74) is 10.4. The predicted molar refractivity (Wildman–Crippen MR) is 220 cm³/mol. The fourth-order valence-corrected chi connectivity index (χ4v) is 7.66. The van der Waals surface area contributed by atoms with Crippen LogP contribution >= 0.6 is 0 Å². The molecular weight excluding hydrogens is 665 g/mol. The predicted octanol–water partition coefficient (Wildman–Crippen LogP) is 11.9. The molecule has 6 heteroatoms. The van der Waals surface area contributed by atoms with E-state index in [-0.39, 0.29) is 0 Å². The highest BCUT2D eigenvalue weighted by Crippen LogP contribution is 2.38. The molecule has 0 fully saturated rings. The quantitative estimate of drug-likeness (QED) is 0.151. The molecule has 0 spiro atoms. The number of nitrogens with zero attached hydrogens (tertiary/aromatic N) is 4. The van der Waals surface area contributed by atoms with Gasteiger partial charge in [-0.1, -0.05) is 116 Å². The van der Waals surface area contributed by atoms with E-state index in [0.29, 0.717) is 18.4 Å². The molecule has 0 N–H and O–H groups in total. The number of hydrogen-bond acceptors (Lipinski definition) is 4. The normalized spacial score (nSPS) is 11.6. The fraction of sp³-hybridized carbons (Fsp3) is 0.0417. The van der Waals surface area contributed by atoms with Crippen molar-refractivity contribution < 1.29 is 9.15 Å². The second-order valence-electron chi connectivity index (χ2n) is 13.5. The maximum Gasteiger partial charge on any atom is 0.248 e. The summed E-state index contributed by atoms with van der Waals surface area (Å²) in [5.74, 6) is 1.61. The van der Waals surface area contributed by atoms with Crippen LogP contribution < -0.4 is 4.74 Å². The molecule has 3 aromatic heterocycles. The average molecular weight is 699 g/mol. The van der Waals surface area contributed by atoms with E-state index >= 15 is 0 Å². The minimum Gasteiger partial charge on any atom is -0.493 e. The zero-order chi connectivity index (χ0) is 36.0. The highest BCUT2D eigenvalue weighted by atomic mass is 16.5. The van der Waals surface area contributed by atoms with Crippen LogP contribution in [0, 0.1) is 0 Å². The van der Waals surface area contributed by atoms with Gasteiger partial charge in [0.25, 0.3) is 0 Å². The smallest absolute Gasteiger partial charge is 0.248 e. The maximum atomic E-state index is 6.50. The summed E-state index contributed by atoms with van der Waals surface area (Å²) >= 11 is 0. The lowest BCUT2D eigenvalue weighted by Crippen LogP contribution is -2.01. The van der Waals surface area contributed by atoms with Gasteiger partial charge in [-0.25, -0.2) is 0 Å². The number of fused-ring (bicyclic) bond motifs is 6. The van der Waals surface area contributed by atoms with Gasteiger partial charge in [-0.15, -0.1) is 10.2 Å². The first-order valence-electron chi connectivity index (χ1n) is 18.1. The van der Waals surface area contributed by atoms with E-state index in [1.54, 1.807) is 0 Å². The summed E-state index contributed by atoms with van der Waals surface area (Å²) in [7, 11) is 0. The Morgan fingerprint density at radius 3 is 1.54 bits per heavy atom. The van der Waals surface area contributed by atoms with E-state index in [1.807, 2.05) is 30.3 Å². The SMILES string of the molecule is C=Cc1ccc(CCOc2cccc(-c3nnc(-c4cc(-n5c6ccccc6c6ccccc65)cc(-n5c6ccccc6c6ccccc65)c4)o3)c2)cc1. The van der Waals surface area contributed by atoms with Gasteiger partial charge in [0.15, 0.2) is 0 Å². The van der Waals surface area contributed by atoms with Crippen molar-refractivity contribution in [2.24, 2.45) is 0 Å². The van der Waals surface area contributed by atoms with E-state index in [4.69, 9.17) is 9.15 Å². The van der Waals surface area contributed by atoms with Crippen LogP contribution in [0.5, 0.6) is 5.75 Å². The van der Waals surface area contributed by atoms with Gasteiger partial charge in [-0.2, -0.15) is 0 Å². The van der Waals surface area contributed by atoms with E-state index in [9.17, 15) is 0 Å². The van der Waals surface area contributed by atoms with Crippen LogP contribution in [-0.2, 0) is 6.42 Å². The average Bonchev–Trinajstić information content (AvgIpc) is 3.95. The minimum atomic E-state index is 0.427. The van der Waals surface area contributed by atoms with Gasteiger partial charge < -0.3 is 18.3 Å². The molecule has 0 aliphatic heterocycles. The molecule has 0 saturated heterocycles. The summed E-state index contributed by atoms with van der Waals surface area (Å²) in [6.07, 6.45) is 2.64. The van der Waals surface area contributed by atoms with Crippen molar-refractivity contribution in [1.29, 1.82) is 0 Å². The Hall–Kier alpha value is -7.18. The number of aromatic nitrogens is 4. The van der Waals surface area contributed by atoms with Crippen molar-refractivity contribution >= 4 is 49.7 Å². The maximum absolute atomic E-state index is 6.50. The summed E-state index contributed by atoms with van der Waals surface area (Å²) in [6.45, 7) is 4.39. The van der Waals surface area contributed by atoms with Crippen LogP contribution in [0.4, 0.5) is 0 Å². The Kier molecular flexibility index (Phi) is 7.65. The number of benzene rings is 7. The molecule has 0 bridgehead atoms. The summed E-state index contributed by atoms with van der Waals surface area (Å²) in [6, 6.07) is 57.0. The van der Waals surface area contributed by atoms with Crippen LogP contribution in [0.2, 0.25) is 0 Å². The monoisotopic (exact) mass is 698 g/mol. The second kappa shape index (κ2) is 13.1. The molecule has 0 amide bonds.